The van der Waals surface area contributed by atoms with Crippen molar-refractivity contribution < 1.29 is 22.6 Å². The van der Waals surface area contributed by atoms with Gasteiger partial charge in [-0.05, 0) is 30.5 Å². The molecule has 0 atom stereocenters. The van der Waals surface area contributed by atoms with Crippen molar-refractivity contribution in [3.8, 4) is 0 Å². The van der Waals surface area contributed by atoms with E-state index < -0.39 is 0 Å². The van der Waals surface area contributed by atoms with Crippen LogP contribution < -0.4 is 18.1 Å². The second-order valence-corrected chi connectivity index (χ2v) is 6.05. The number of aryl methyl sites for hydroxylation is 1. The van der Waals surface area contributed by atoms with Crippen LogP contribution in [0.15, 0.2) is 27.8 Å². The van der Waals surface area contributed by atoms with Gasteiger partial charge in [-0.1, -0.05) is 41.0 Å². The van der Waals surface area contributed by atoms with Crippen molar-refractivity contribution >= 4 is 35.0 Å². The van der Waals surface area contributed by atoms with Gasteiger partial charge in [-0.2, -0.15) is 0 Å². The number of unbranched alkanes of at least 4 members (excludes halogenated alkanes) is 1. The fraction of sp³-hybridized carbons (Fsp3) is 0.385. The summed E-state index contributed by atoms with van der Waals surface area (Å²) >= 11 is 13.3. The zero-order chi connectivity index (χ0) is 14.4. The molecule has 1 heterocycles. The highest BCUT2D eigenvalue weighted by Gasteiger charge is 2.07. The summed E-state index contributed by atoms with van der Waals surface area (Å²) in [4.78, 5) is 0. The zero-order valence-corrected chi connectivity index (χ0v) is 14.4. The second kappa shape index (κ2) is 9.54. The number of benzene rings is 1. The first-order valence-electron chi connectivity index (χ1n) is 6.37. The normalized spacial score (nSPS) is 10.4. The largest absolute Gasteiger partial charge is 1.00 e. The van der Waals surface area contributed by atoms with Gasteiger partial charge in [0.2, 0.25) is 5.89 Å². The van der Waals surface area contributed by atoms with Gasteiger partial charge in [-0.25, -0.2) is 0 Å². The smallest absolute Gasteiger partial charge is 0.276 e. The lowest BCUT2D eigenvalue weighted by Gasteiger charge is -2.00. The Labute approximate surface area is 144 Å². The molecular weight excluding hydrogens is 353 g/mol. The fourth-order valence-electron chi connectivity index (χ4n) is 1.63. The Hall–Kier alpha value is -0.460. The minimum atomic E-state index is 0. The molecule has 0 bridgehead atoms. The van der Waals surface area contributed by atoms with Crippen molar-refractivity contribution in [2.45, 2.75) is 30.2 Å². The minimum Gasteiger partial charge on any atom is -1.00 e. The highest BCUT2D eigenvalue weighted by molar-refractivity contribution is 7.98. The molecule has 1 aromatic carbocycles. The molecule has 0 unspecified atom stereocenters. The quantitative estimate of drug-likeness (QED) is 0.561. The van der Waals surface area contributed by atoms with E-state index in [1.54, 1.807) is 6.07 Å². The molecule has 21 heavy (non-hydrogen) atoms. The first kappa shape index (κ1) is 18.6. The van der Waals surface area contributed by atoms with Gasteiger partial charge in [0.25, 0.3) is 5.22 Å². The van der Waals surface area contributed by atoms with Crippen LogP contribution in [0.3, 0.4) is 0 Å². The molecule has 0 aliphatic heterocycles. The first-order valence-corrected chi connectivity index (χ1v) is 8.11. The minimum absolute atomic E-state index is 0. The number of nitrogens with zero attached hydrogens (tertiary/aromatic N) is 2. The Morgan fingerprint density at radius 1 is 1.14 bits per heavy atom. The van der Waals surface area contributed by atoms with Gasteiger partial charge < -0.3 is 22.6 Å². The molecule has 0 spiro atoms. The maximum atomic E-state index is 5.97. The summed E-state index contributed by atoms with van der Waals surface area (Å²) in [6, 6.07) is 5.58. The molecule has 3 N–H and O–H groups in total. The van der Waals surface area contributed by atoms with E-state index in [2.05, 4.69) is 15.9 Å². The zero-order valence-electron chi connectivity index (χ0n) is 11.3. The van der Waals surface area contributed by atoms with Gasteiger partial charge in [0.1, 0.15) is 0 Å². The molecule has 0 fully saturated rings. The van der Waals surface area contributed by atoms with Crippen molar-refractivity contribution in [3.63, 3.8) is 0 Å². The summed E-state index contributed by atoms with van der Waals surface area (Å²) in [5, 5.41) is 9.75. The van der Waals surface area contributed by atoms with Crippen LogP contribution in [0.5, 0.6) is 0 Å². The van der Waals surface area contributed by atoms with Gasteiger partial charge in [-0.15, -0.1) is 10.2 Å². The van der Waals surface area contributed by atoms with E-state index in [4.69, 9.17) is 27.6 Å². The molecule has 0 radical (unpaired) electrons. The Morgan fingerprint density at radius 3 is 2.67 bits per heavy atom. The average Bonchev–Trinajstić information content (AvgIpc) is 2.88. The lowest BCUT2D eigenvalue weighted by Crippen LogP contribution is -3.00. The predicted octanol–water partition coefficient (Wildman–Crippen LogP) is 0.237. The Morgan fingerprint density at radius 2 is 1.95 bits per heavy atom. The van der Waals surface area contributed by atoms with Gasteiger partial charge in [0.15, 0.2) is 0 Å². The van der Waals surface area contributed by atoms with Crippen molar-refractivity contribution in [1.29, 1.82) is 0 Å². The Kier molecular flexibility index (Phi) is 8.44. The lowest BCUT2D eigenvalue weighted by molar-refractivity contribution is -0.368. The molecule has 0 saturated heterocycles. The van der Waals surface area contributed by atoms with Crippen LogP contribution in [0.2, 0.25) is 10.0 Å². The summed E-state index contributed by atoms with van der Waals surface area (Å²) < 4.78 is 5.57. The molecule has 0 aliphatic carbocycles. The molecular formula is C13H16Cl3N3OS. The van der Waals surface area contributed by atoms with Crippen molar-refractivity contribution in [1.82, 2.24) is 10.2 Å². The number of quaternary nitrogens is 1. The van der Waals surface area contributed by atoms with Gasteiger partial charge in [0.05, 0.1) is 16.6 Å². The number of hydrogen-bond acceptors (Lipinski definition) is 4. The average molecular weight is 369 g/mol. The molecule has 1 aromatic heterocycles. The highest BCUT2D eigenvalue weighted by Crippen LogP contribution is 2.27. The highest BCUT2D eigenvalue weighted by atomic mass is 35.5. The summed E-state index contributed by atoms with van der Waals surface area (Å²) in [6.07, 6.45) is 2.92. The van der Waals surface area contributed by atoms with E-state index in [0.29, 0.717) is 21.2 Å². The molecule has 0 amide bonds. The topological polar surface area (TPSA) is 66.6 Å². The predicted molar refractivity (Wildman–Crippen MR) is 81.0 cm³/mol. The van der Waals surface area contributed by atoms with Crippen LogP contribution in [-0.2, 0) is 12.2 Å². The van der Waals surface area contributed by atoms with Crippen molar-refractivity contribution in [2.24, 2.45) is 0 Å². The number of hydrogen-bond donors (Lipinski definition) is 1. The fourth-order valence-corrected chi connectivity index (χ4v) is 2.67. The molecule has 2 aromatic rings. The number of halogens is 3. The summed E-state index contributed by atoms with van der Waals surface area (Å²) in [7, 11) is 0. The Bertz CT molecular complexity index is 565. The summed E-state index contributed by atoms with van der Waals surface area (Å²) in [6.45, 7) is 0.938. The van der Waals surface area contributed by atoms with Crippen LogP contribution in [-0.4, -0.2) is 16.7 Å². The van der Waals surface area contributed by atoms with Gasteiger partial charge in [-0.3, -0.25) is 0 Å². The van der Waals surface area contributed by atoms with E-state index in [1.165, 1.54) is 11.8 Å². The molecule has 0 saturated carbocycles. The maximum Gasteiger partial charge on any atom is 0.276 e. The second-order valence-electron chi connectivity index (χ2n) is 4.31. The van der Waals surface area contributed by atoms with Gasteiger partial charge in [0, 0.05) is 12.2 Å². The SMILES string of the molecule is [Cl-].[NH3+]CCCCc1nnc(SCc2ccc(Cl)c(Cl)c2)o1. The number of rotatable bonds is 7. The van der Waals surface area contributed by atoms with Crippen molar-refractivity contribution in [2.75, 3.05) is 6.54 Å². The Balaban J connectivity index is 0.00000220. The van der Waals surface area contributed by atoms with E-state index in [1.807, 2.05) is 12.1 Å². The van der Waals surface area contributed by atoms with Crippen LogP contribution >= 0.6 is 35.0 Å². The third-order valence-corrected chi connectivity index (χ3v) is 4.31. The summed E-state index contributed by atoms with van der Waals surface area (Å²) in [5.74, 6) is 1.41. The van der Waals surface area contributed by atoms with E-state index in [-0.39, 0.29) is 12.4 Å². The van der Waals surface area contributed by atoms with Crippen LogP contribution in [0.4, 0.5) is 0 Å². The number of thioether (sulfide) groups is 1. The standard InChI is InChI=1S/C13H15Cl2N3OS.ClH/c14-10-5-4-9(7-11(10)15)8-20-13-18-17-12(19-13)3-1-2-6-16;/h4-5,7H,1-3,6,8,16H2;1H. The van der Waals surface area contributed by atoms with Crippen LogP contribution in [0.1, 0.15) is 24.3 Å². The molecule has 4 nitrogen and oxygen atoms in total. The molecule has 8 heteroatoms. The van der Waals surface area contributed by atoms with Gasteiger partial charge >= 0.3 is 0 Å². The van der Waals surface area contributed by atoms with Crippen LogP contribution in [0, 0.1) is 0 Å². The lowest BCUT2D eigenvalue weighted by atomic mass is 10.2. The van der Waals surface area contributed by atoms with E-state index in [0.717, 1.165) is 37.1 Å². The third-order valence-electron chi connectivity index (χ3n) is 2.69. The molecule has 0 aliphatic rings. The summed E-state index contributed by atoms with van der Waals surface area (Å²) in [5.41, 5.74) is 4.88. The van der Waals surface area contributed by atoms with E-state index >= 15 is 0 Å². The molecule has 2 rings (SSSR count). The maximum absolute atomic E-state index is 5.97. The monoisotopic (exact) mass is 367 g/mol. The molecule has 116 valence electrons. The van der Waals surface area contributed by atoms with Crippen LogP contribution in [0.25, 0.3) is 0 Å². The number of aromatic nitrogens is 2. The first-order chi connectivity index (χ1) is 9.69. The third kappa shape index (κ3) is 6.04. The van der Waals surface area contributed by atoms with Crippen molar-refractivity contribution in [3.05, 3.63) is 39.7 Å². The van der Waals surface area contributed by atoms with E-state index in [9.17, 15) is 0 Å².